The molecule has 0 atom stereocenters. The zero-order chi connectivity index (χ0) is 12.6. The lowest BCUT2D eigenvalue weighted by atomic mass is 10.1. The van der Waals surface area contributed by atoms with E-state index in [0.29, 0.717) is 6.07 Å². The molecule has 0 saturated carbocycles. The summed E-state index contributed by atoms with van der Waals surface area (Å²) in [5.74, 6) is -2.35. The molecule has 0 aliphatic carbocycles. The maximum Gasteiger partial charge on any atom is 0.243 e. The summed E-state index contributed by atoms with van der Waals surface area (Å²) >= 11 is 0. The Labute approximate surface area is 97.5 Å². The summed E-state index contributed by atoms with van der Waals surface area (Å²) in [6.45, 7) is 0.333. The molecule has 0 aromatic heterocycles. The van der Waals surface area contributed by atoms with Gasteiger partial charge in [0.05, 0.1) is 4.90 Å². The minimum absolute atomic E-state index is 0.0740. The Morgan fingerprint density at radius 1 is 1.29 bits per heavy atom. The van der Waals surface area contributed by atoms with Gasteiger partial charge in [-0.2, -0.15) is 4.31 Å². The molecule has 94 valence electrons. The molecule has 1 saturated heterocycles. The first-order chi connectivity index (χ1) is 7.95. The third-order valence-electron chi connectivity index (χ3n) is 2.71. The predicted octanol–water partition coefficient (Wildman–Crippen LogP) is 0.578. The van der Waals surface area contributed by atoms with E-state index in [0.717, 1.165) is 16.4 Å². The van der Waals surface area contributed by atoms with Crippen molar-refractivity contribution in [2.45, 2.75) is 4.90 Å². The summed E-state index contributed by atoms with van der Waals surface area (Å²) in [5, 5.41) is 8.79. The smallest absolute Gasteiger partial charge is 0.243 e. The number of sulfonamides is 1. The summed E-state index contributed by atoms with van der Waals surface area (Å²) in [6, 6.07) is 2.47. The van der Waals surface area contributed by atoms with Crippen LogP contribution < -0.4 is 0 Å². The Kier molecular flexibility index (Phi) is 3.15. The van der Waals surface area contributed by atoms with Crippen molar-refractivity contribution in [3.05, 3.63) is 29.8 Å². The van der Waals surface area contributed by atoms with Gasteiger partial charge >= 0.3 is 0 Å². The highest BCUT2D eigenvalue weighted by Crippen LogP contribution is 2.25. The maximum absolute atomic E-state index is 12.9. The van der Waals surface area contributed by atoms with E-state index >= 15 is 0 Å². The van der Waals surface area contributed by atoms with Crippen molar-refractivity contribution in [1.29, 1.82) is 0 Å². The third kappa shape index (κ3) is 2.18. The van der Waals surface area contributed by atoms with Crippen LogP contribution >= 0.6 is 0 Å². The van der Waals surface area contributed by atoms with Crippen LogP contribution in [0.2, 0.25) is 0 Å². The number of rotatable bonds is 3. The fourth-order valence-corrected chi connectivity index (χ4v) is 3.23. The Morgan fingerprint density at radius 3 is 2.47 bits per heavy atom. The van der Waals surface area contributed by atoms with Crippen LogP contribution in [-0.4, -0.2) is 37.5 Å². The van der Waals surface area contributed by atoms with Gasteiger partial charge in [0.1, 0.15) is 0 Å². The molecule has 7 heteroatoms. The van der Waals surface area contributed by atoms with Gasteiger partial charge in [-0.3, -0.25) is 0 Å². The molecule has 2 rings (SSSR count). The summed E-state index contributed by atoms with van der Waals surface area (Å²) in [5.41, 5.74) is 0. The van der Waals surface area contributed by atoms with E-state index in [1.54, 1.807) is 0 Å². The topological polar surface area (TPSA) is 57.6 Å². The number of aliphatic hydroxyl groups excluding tert-OH is 1. The summed E-state index contributed by atoms with van der Waals surface area (Å²) < 4.78 is 50.5. The lowest BCUT2D eigenvalue weighted by Gasteiger charge is -2.36. The number of benzene rings is 1. The van der Waals surface area contributed by atoms with Crippen LogP contribution in [-0.2, 0) is 10.0 Å². The van der Waals surface area contributed by atoms with Gasteiger partial charge in [-0.05, 0) is 18.2 Å². The highest BCUT2D eigenvalue weighted by molar-refractivity contribution is 7.89. The van der Waals surface area contributed by atoms with Gasteiger partial charge in [0.25, 0.3) is 0 Å². The minimum atomic E-state index is -3.77. The maximum atomic E-state index is 12.9. The summed E-state index contributed by atoms with van der Waals surface area (Å²) in [6.07, 6.45) is 0. The molecule has 0 bridgehead atoms. The van der Waals surface area contributed by atoms with Crippen molar-refractivity contribution in [3.63, 3.8) is 0 Å². The Morgan fingerprint density at radius 2 is 1.94 bits per heavy atom. The van der Waals surface area contributed by atoms with Crippen LogP contribution in [0.15, 0.2) is 23.1 Å². The highest BCUT2D eigenvalue weighted by Gasteiger charge is 2.36. The van der Waals surface area contributed by atoms with E-state index < -0.39 is 21.7 Å². The van der Waals surface area contributed by atoms with Gasteiger partial charge in [-0.1, -0.05) is 0 Å². The lowest BCUT2D eigenvalue weighted by molar-refractivity contribution is 0.117. The summed E-state index contributed by atoms with van der Waals surface area (Å²) in [7, 11) is -3.77. The van der Waals surface area contributed by atoms with Gasteiger partial charge in [0.15, 0.2) is 11.6 Å². The molecule has 0 radical (unpaired) electrons. The highest BCUT2D eigenvalue weighted by atomic mass is 32.2. The average molecular weight is 263 g/mol. The molecule has 1 N–H and O–H groups in total. The van der Waals surface area contributed by atoms with Gasteiger partial charge < -0.3 is 5.11 Å². The van der Waals surface area contributed by atoms with E-state index in [1.807, 2.05) is 0 Å². The largest absolute Gasteiger partial charge is 0.396 e. The zero-order valence-electron chi connectivity index (χ0n) is 8.81. The van der Waals surface area contributed by atoms with Crippen LogP contribution in [0, 0.1) is 17.6 Å². The molecule has 1 aromatic rings. The van der Waals surface area contributed by atoms with E-state index in [2.05, 4.69) is 0 Å². The number of aliphatic hydroxyl groups is 1. The number of hydrogen-bond donors (Lipinski definition) is 1. The lowest BCUT2D eigenvalue weighted by Crippen LogP contribution is -2.51. The SMILES string of the molecule is O=S(=O)(c1ccc(F)c(F)c1)N1CC(CO)C1. The van der Waals surface area contributed by atoms with Gasteiger partial charge in [-0.25, -0.2) is 17.2 Å². The molecule has 1 fully saturated rings. The Bertz CT molecular complexity index is 526. The minimum Gasteiger partial charge on any atom is -0.396 e. The van der Waals surface area contributed by atoms with Crippen LogP contribution in [0.3, 0.4) is 0 Å². The third-order valence-corrected chi connectivity index (χ3v) is 4.54. The van der Waals surface area contributed by atoms with Crippen LogP contribution in [0.5, 0.6) is 0 Å². The van der Waals surface area contributed by atoms with Crippen molar-refractivity contribution in [3.8, 4) is 0 Å². The van der Waals surface area contributed by atoms with E-state index in [9.17, 15) is 17.2 Å². The predicted molar refractivity (Wildman–Crippen MR) is 55.7 cm³/mol. The van der Waals surface area contributed by atoms with Crippen molar-refractivity contribution in [2.75, 3.05) is 19.7 Å². The zero-order valence-corrected chi connectivity index (χ0v) is 9.62. The molecular formula is C10H11F2NO3S. The molecule has 4 nitrogen and oxygen atoms in total. The number of halogens is 2. The molecule has 1 aromatic carbocycles. The Hall–Kier alpha value is -1.05. The normalized spacial score (nSPS) is 18.1. The van der Waals surface area contributed by atoms with E-state index in [4.69, 9.17) is 5.11 Å². The molecule has 1 aliphatic rings. The fourth-order valence-electron chi connectivity index (χ4n) is 1.62. The Balaban J connectivity index is 2.24. The second kappa shape index (κ2) is 4.32. The standard InChI is InChI=1S/C10H11F2NO3S/c11-9-2-1-8(3-10(9)12)17(15,16)13-4-7(5-13)6-14/h1-3,7,14H,4-6H2. The monoisotopic (exact) mass is 263 g/mol. The van der Waals surface area contributed by atoms with Crippen molar-refractivity contribution < 1.29 is 22.3 Å². The van der Waals surface area contributed by atoms with Crippen LogP contribution in [0.1, 0.15) is 0 Å². The van der Waals surface area contributed by atoms with E-state index in [-0.39, 0.29) is 30.5 Å². The first-order valence-corrected chi connectivity index (χ1v) is 6.45. The van der Waals surface area contributed by atoms with Gasteiger partial charge in [0, 0.05) is 25.6 Å². The average Bonchev–Trinajstić information content (AvgIpc) is 2.20. The van der Waals surface area contributed by atoms with Gasteiger partial charge in [-0.15, -0.1) is 0 Å². The van der Waals surface area contributed by atoms with Crippen molar-refractivity contribution in [2.24, 2.45) is 5.92 Å². The fraction of sp³-hybridized carbons (Fsp3) is 0.400. The van der Waals surface area contributed by atoms with Crippen molar-refractivity contribution in [1.82, 2.24) is 4.31 Å². The number of nitrogens with zero attached hydrogens (tertiary/aromatic N) is 1. The number of hydrogen-bond acceptors (Lipinski definition) is 3. The first kappa shape index (κ1) is 12.4. The summed E-state index contributed by atoms with van der Waals surface area (Å²) in [4.78, 5) is -0.271. The molecule has 17 heavy (non-hydrogen) atoms. The van der Waals surface area contributed by atoms with Gasteiger partial charge in [0.2, 0.25) is 10.0 Å². The molecule has 0 amide bonds. The molecule has 1 aliphatic heterocycles. The molecular weight excluding hydrogens is 252 g/mol. The molecule has 1 heterocycles. The van der Waals surface area contributed by atoms with Crippen LogP contribution in [0.25, 0.3) is 0 Å². The molecule has 0 spiro atoms. The quantitative estimate of drug-likeness (QED) is 0.867. The second-order valence-electron chi connectivity index (χ2n) is 3.95. The molecule has 0 unspecified atom stereocenters. The van der Waals surface area contributed by atoms with Crippen LogP contribution in [0.4, 0.5) is 8.78 Å². The van der Waals surface area contributed by atoms with E-state index in [1.165, 1.54) is 0 Å². The second-order valence-corrected chi connectivity index (χ2v) is 5.88. The van der Waals surface area contributed by atoms with Crippen molar-refractivity contribution >= 4 is 10.0 Å². The first-order valence-electron chi connectivity index (χ1n) is 5.01.